The number of guanidine groups is 1. The van der Waals surface area contributed by atoms with Gasteiger partial charge in [0.15, 0.2) is 5.96 Å². The maximum atomic E-state index is 8.60. The first-order valence-corrected chi connectivity index (χ1v) is 5.08. The Morgan fingerprint density at radius 3 is 2.94 bits per heavy atom. The van der Waals surface area contributed by atoms with Gasteiger partial charge in [0.05, 0.1) is 12.8 Å². The number of aliphatic hydroxyl groups is 1. The fourth-order valence-corrected chi connectivity index (χ4v) is 1.20. The minimum atomic E-state index is 0.117. The second-order valence-corrected chi connectivity index (χ2v) is 3.17. The molecule has 0 aromatic heterocycles. The summed E-state index contributed by atoms with van der Waals surface area (Å²) in [5, 5.41) is 11.5. The summed E-state index contributed by atoms with van der Waals surface area (Å²) < 4.78 is 5.16. The van der Waals surface area contributed by atoms with Crippen molar-refractivity contribution in [2.45, 2.75) is 6.42 Å². The molecule has 0 atom stereocenters. The number of hydrogen-bond donors (Lipinski definition) is 3. The van der Waals surface area contributed by atoms with E-state index in [-0.39, 0.29) is 6.61 Å². The first kappa shape index (κ1) is 12.3. The average Bonchev–Trinajstić information content (AvgIpc) is 2.30. The fourth-order valence-electron chi connectivity index (χ4n) is 1.20. The summed E-state index contributed by atoms with van der Waals surface area (Å²) in [4.78, 5) is 4.05. The summed E-state index contributed by atoms with van der Waals surface area (Å²) in [6, 6.07) is 7.45. The topological polar surface area (TPSA) is 79.9 Å². The first-order chi connectivity index (χ1) is 7.77. The summed E-state index contributed by atoms with van der Waals surface area (Å²) in [5.41, 5.74) is 6.45. The van der Waals surface area contributed by atoms with E-state index in [4.69, 9.17) is 15.6 Å². The predicted molar refractivity (Wildman–Crippen MR) is 64.8 cm³/mol. The van der Waals surface area contributed by atoms with Crippen LogP contribution in [0.2, 0.25) is 0 Å². The van der Waals surface area contributed by atoms with Gasteiger partial charge in [0.25, 0.3) is 0 Å². The normalized spacial score (nSPS) is 11.2. The minimum Gasteiger partial charge on any atom is -0.495 e. The number of methoxy groups -OCH3 is 1. The number of ether oxygens (including phenoxy) is 1. The summed E-state index contributed by atoms with van der Waals surface area (Å²) in [6.07, 6.45) is 0.605. The van der Waals surface area contributed by atoms with E-state index >= 15 is 0 Å². The maximum Gasteiger partial charge on any atom is 0.193 e. The lowest BCUT2D eigenvalue weighted by molar-refractivity contribution is 0.291. The molecule has 4 N–H and O–H groups in total. The fraction of sp³-hybridized carbons (Fsp3) is 0.364. The molecule has 0 fully saturated rings. The Hall–Kier alpha value is -1.75. The molecule has 16 heavy (non-hydrogen) atoms. The smallest absolute Gasteiger partial charge is 0.193 e. The number of aliphatic hydroxyl groups excluding tert-OH is 1. The van der Waals surface area contributed by atoms with Crippen LogP contribution in [0.3, 0.4) is 0 Å². The SMILES string of the molecule is COc1ccccc1NC(N)=NCCCO. The second-order valence-electron chi connectivity index (χ2n) is 3.17. The Labute approximate surface area is 94.9 Å². The Morgan fingerprint density at radius 2 is 2.25 bits per heavy atom. The van der Waals surface area contributed by atoms with Crippen molar-refractivity contribution in [1.82, 2.24) is 0 Å². The highest BCUT2D eigenvalue weighted by Gasteiger charge is 2.01. The number of nitrogens with one attached hydrogen (secondary N) is 1. The van der Waals surface area contributed by atoms with Gasteiger partial charge in [-0.15, -0.1) is 0 Å². The van der Waals surface area contributed by atoms with Gasteiger partial charge in [-0.1, -0.05) is 12.1 Å². The number of para-hydroxylation sites is 2. The van der Waals surface area contributed by atoms with E-state index in [0.717, 1.165) is 5.69 Å². The Kier molecular flexibility index (Phi) is 5.15. The number of aliphatic imine (C=N–C) groups is 1. The standard InChI is InChI=1S/C11H17N3O2/c1-16-10-6-3-2-5-9(10)14-11(12)13-7-4-8-15/h2-3,5-6,15H,4,7-8H2,1H3,(H3,12,13,14). The molecule has 5 nitrogen and oxygen atoms in total. The monoisotopic (exact) mass is 223 g/mol. The Bertz CT molecular complexity index is 353. The number of anilines is 1. The molecular formula is C11H17N3O2. The zero-order chi connectivity index (χ0) is 11.8. The van der Waals surface area contributed by atoms with E-state index in [2.05, 4.69) is 10.3 Å². The molecule has 5 heteroatoms. The van der Waals surface area contributed by atoms with Crippen LogP contribution in [0, 0.1) is 0 Å². The van der Waals surface area contributed by atoms with Crippen LogP contribution in [0.5, 0.6) is 5.75 Å². The molecule has 0 unspecified atom stereocenters. The first-order valence-electron chi connectivity index (χ1n) is 5.08. The average molecular weight is 223 g/mol. The molecule has 0 saturated carbocycles. The van der Waals surface area contributed by atoms with Gasteiger partial charge in [-0.2, -0.15) is 0 Å². The molecular weight excluding hydrogens is 206 g/mol. The van der Waals surface area contributed by atoms with Crippen molar-refractivity contribution in [2.75, 3.05) is 25.6 Å². The highest BCUT2D eigenvalue weighted by molar-refractivity contribution is 5.93. The maximum absolute atomic E-state index is 8.60. The summed E-state index contributed by atoms with van der Waals surface area (Å²) >= 11 is 0. The molecule has 0 aliphatic rings. The van der Waals surface area contributed by atoms with E-state index in [1.807, 2.05) is 24.3 Å². The quantitative estimate of drug-likeness (QED) is 0.392. The van der Waals surface area contributed by atoms with E-state index in [0.29, 0.717) is 24.7 Å². The Morgan fingerprint density at radius 1 is 1.50 bits per heavy atom. The zero-order valence-corrected chi connectivity index (χ0v) is 9.31. The molecule has 1 aromatic rings. The lowest BCUT2D eigenvalue weighted by Crippen LogP contribution is -2.23. The molecule has 0 amide bonds. The van der Waals surface area contributed by atoms with E-state index < -0.39 is 0 Å². The third kappa shape index (κ3) is 3.78. The van der Waals surface area contributed by atoms with Crippen LogP contribution in [-0.4, -0.2) is 31.3 Å². The lowest BCUT2D eigenvalue weighted by Gasteiger charge is -2.09. The van der Waals surface area contributed by atoms with Crippen molar-refractivity contribution < 1.29 is 9.84 Å². The van der Waals surface area contributed by atoms with Gasteiger partial charge in [-0.3, -0.25) is 4.99 Å². The van der Waals surface area contributed by atoms with Crippen LogP contribution < -0.4 is 15.8 Å². The van der Waals surface area contributed by atoms with E-state index in [1.54, 1.807) is 7.11 Å². The minimum absolute atomic E-state index is 0.117. The van der Waals surface area contributed by atoms with Crippen molar-refractivity contribution in [2.24, 2.45) is 10.7 Å². The molecule has 1 rings (SSSR count). The van der Waals surface area contributed by atoms with Gasteiger partial charge in [-0.05, 0) is 18.6 Å². The summed E-state index contributed by atoms with van der Waals surface area (Å²) in [5.74, 6) is 1.03. The summed E-state index contributed by atoms with van der Waals surface area (Å²) in [7, 11) is 1.60. The molecule has 0 bridgehead atoms. The molecule has 0 radical (unpaired) electrons. The van der Waals surface area contributed by atoms with Gasteiger partial charge in [0.1, 0.15) is 5.75 Å². The van der Waals surface area contributed by atoms with E-state index in [9.17, 15) is 0 Å². The second kappa shape index (κ2) is 6.68. The molecule has 0 saturated heterocycles. The van der Waals surface area contributed by atoms with Gasteiger partial charge >= 0.3 is 0 Å². The van der Waals surface area contributed by atoms with Crippen LogP contribution >= 0.6 is 0 Å². The Balaban J connectivity index is 2.61. The van der Waals surface area contributed by atoms with Gasteiger partial charge in [0.2, 0.25) is 0 Å². The number of nitrogens with two attached hydrogens (primary N) is 1. The molecule has 1 aromatic carbocycles. The van der Waals surface area contributed by atoms with Crippen LogP contribution in [0.15, 0.2) is 29.3 Å². The lowest BCUT2D eigenvalue weighted by atomic mass is 10.3. The third-order valence-electron chi connectivity index (χ3n) is 1.97. The number of benzene rings is 1. The molecule has 0 aliphatic heterocycles. The van der Waals surface area contributed by atoms with Crippen molar-refractivity contribution in [3.63, 3.8) is 0 Å². The third-order valence-corrected chi connectivity index (χ3v) is 1.97. The number of rotatable bonds is 5. The van der Waals surface area contributed by atoms with Crippen LogP contribution in [-0.2, 0) is 0 Å². The molecule has 0 heterocycles. The van der Waals surface area contributed by atoms with Crippen molar-refractivity contribution >= 4 is 11.6 Å². The number of nitrogens with zero attached hydrogens (tertiary/aromatic N) is 1. The van der Waals surface area contributed by atoms with Gasteiger partial charge < -0.3 is 20.9 Å². The van der Waals surface area contributed by atoms with Crippen LogP contribution in [0.4, 0.5) is 5.69 Å². The van der Waals surface area contributed by atoms with Gasteiger partial charge in [-0.25, -0.2) is 0 Å². The van der Waals surface area contributed by atoms with E-state index in [1.165, 1.54) is 0 Å². The number of hydrogen-bond acceptors (Lipinski definition) is 3. The highest BCUT2D eigenvalue weighted by atomic mass is 16.5. The predicted octanol–water partition coefficient (Wildman–Crippen LogP) is 0.804. The summed E-state index contributed by atoms with van der Waals surface area (Å²) in [6.45, 7) is 0.621. The van der Waals surface area contributed by atoms with Crippen LogP contribution in [0.25, 0.3) is 0 Å². The van der Waals surface area contributed by atoms with Crippen LogP contribution in [0.1, 0.15) is 6.42 Å². The van der Waals surface area contributed by atoms with Gasteiger partial charge in [0, 0.05) is 13.2 Å². The van der Waals surface area contributed by atoms with Crippen molar-refractivity contribution in [3.05, 3.63) is 24.3 Å². The van der Waals surface area contributed by atoms with Crippen molar-refractivity contribution in [3.8, 4) is 5.75 Å². The molecule has 0 aliphatic carbocycles. The zero-order valence-electron chi connectivity index (χ0n) is 9.31. The molecule has 88 valence electrons. The highest BCUT2D eigenvalue weighted by Crippen LogP contribution is 2.22. The largest absolute Gasteiger partial charge is 0.495 e. The molecule has 0 spiro atoms. The van der Waals surface area contributed by atoms with Crippen molar-refractivity contribution in [1.29, 1.82) is 0 Å².